The van der Waals surface area contributed by atoms with Gasteiger partial charge in [-0.3, -0.25) is 9.69 Å². The maximum atomic E-state index is 12.3. The molecule has 24 heavy (non-hydrogen) atoms. The molecule has 0 aliphatic carbocycles. The standard InChI is InChI=1S/C17H28N4O2S/c1-14-15(24-19-18-14)11-20-8-3-6-17(12-20)7-5-16(22)21(13-17)9-4-10-23-2/h3-13H2,1-2H3. The van der Waals surface area contributed by atoms with Crippen LogP contribution in [-0.4, -0.2) is 65.2 Å². The van der Waals surface area contributed by atoms with Crippen molar-refractivity contribution in [2.45, 2.75) is 45.6 Å². The van der Waals surface area contributed by atoms with Crippen molar-refractivity contribution in [3.63, 3.8) is 0 Å². The number of piperidine rings is 2. The lowest BCUT2D eigenvalue weighted by Crippen LogP contribution is -2.54. The number of hydrogen-bond acceptors (Lipinski definition) is 6. The number of amides is 1. The fourth-order valence-electron chi connectivity index (χ4n) is 4.08. The normalized spacial score (nSPS) is 25.6. The van der Waals surface area contributed by atoms with Crippen LogP contribution in [0.1, 0.15) is 42.7 Å². The van der Waals surface area contributed by atoms with Crippen LogP contribution in [0.5, 0.6) is 0 Å². The van der Waals surface area contributed by atoms with Gasteiger partial charge in [0.25, 0.3) is 0 Å². The Morgan fingerprint density at radius 1 is 1.33 bits per heavy atom. The van der Waals surface area contributed by atoms with Gasteiger partial charge >= 0.3 is 0 Å². The van der Waals surface area contributed by atoms with Crippen molar-refractivity contribution in [2.24, 2.45) is 5.41 Å². The molecule has 0 radical (unpaired) electrons. The number of nitrogens with zero attached hydrogens (tertiary/aromatic N) is 4. The third-order valence-electron chi connectivity index (χ3n) is 5.38. The van der Waals surface area contributed by atoms with Gasteiger partial charge in [-0.25, -0.2) is 0 Å². The van der Waals surface area contributed by atoms with E-state index < -0.39 is 0 Å². The summed E-state index contributed by atoms with van der Waals surface area (Å²) >= 11 is 1.51. The van der Waals surface area contributed by atoms with E-state index in [1.165, 1.54) is 29.3 Å². The summed E-state index contributed by atoms with van der Waals surface area (Å²) in [5.74, 6) is 0.316. The Morgan fingerprint density at radius 3 is 2.96 bits per heavy atom. The van der Waals surface area contributed by atoms with E-state index in [-0.39, 0.29) is 5.41 Å². The van der Waals surface area contributed by atoms with E-state index >= 15 is 0 Å². The topological polar surface area (TPSA) is 58.6 Å². The summed E-state index contributed by atoms with van der Waals surface area (Å²) in [6.07, 6.45) is 5.10. The highest BCUT2D eigenvalue weighted by atomic mass is 32.1. The van der Waals surface area contributed by atoms with E-state index in [4.69, 9.17) is 4.74 Å². The molecule has 1 amide bonds. The molecule has 0 saturated carbocycles. The number of likely N-dealkylation sites (tertiary alicyclic amines) is 2. The molecule has 0 aromatic carbocycles. The van der Waals surface area contributed by atoms with Crippen LogP contribution in [-0.2, 0) is 16.1 Å². The van der Waals surface area contributed by atoms with Crippen molar-refractivity contribution in [1.29, 1.82) is 0 Å². The predicted molar refractivity (Wildman–Crippen MR) is 93.9 cm³/mol. The van der Waals surface area contributed by atoms with Gasteiger partial charge < -0.3 is 9.64 Å². The van der Waals surface area contributed by atoms with Gasteiger partial charge in [0.05, 0.1) is 10.6 Å². The van der Waals surface area contributed by atoms with Crippen LogP contribution in [0, 0.1) is 12.3 Å². The average molecular weight is 353 g/mol. The molecular weight excluding hydrogens is 324 g/mol. The van der Waals surface area contributed by atoms with E-state index in [9.17, 15) is 4.79 Å². The Bertz CT molecular complexity index is 565. The van der Waals surface area contributed by atoms with Crippen molar-refractivity contribution in [2.75, 3.05) is 39.9 Å². The molecule has 134 valence electrons. The maximum Gasteiger partial charge on any atom is 0.222 e. The lowest BCUT2D eigenvalue weighted by molar-refractivity contribution is -0.139. The molecule has 1 unspecified atom stereocenters. The number of aromatic nitrogens is 2. The number of ether oxygens (including phenoxy) is 1. The van der Waals surface area contributed by atoms with Crippen molar-refractivity contribution in [1.82, 2.24) is 19.4 Å². The second-order valence-electron chi connectivity index (χ2n) is 7.26. The third kappa shape index (κ3) is 4.13. The minimum absolute atomic E-state index is 0.269. The Labute approximate surface area is 148 Å². The highest BCUT2D eigenvalue weighted by Gasteiger charge is 2.41. The predicted octanol–water partition coefficient (Wildman–Crippen LogP) is 2.09. The van der Waals surface area contributed by atoms with Crippen LogP contribution in [0.25, 0.3) is 0 Å². The van der Waals surface area contributed by atoms with Crippen LogP contribution in [0.15, 0.2) is 0 Å². The zero-order chi connectivity index (χ0) is 17.0. The number of carbonyl (C=O) groups is 1. The Hall–Kier alpha value is -1.05. The maximum absolute atomic E-state index is 12.3. The van der Waals surface area contributed by atoms with Crippen molar-refractivity contribution in [3.8, 4) is 0 Å². The third-order valence-corrected chi connectivity index (χ3v) is 6.19. The molecule has 1 spiro atoms. The van der Waals surface area contributed by atoms with Crippen LogP contribution in [0.4, 0.5) is 0 Å². The molecule has 3 heterocycles. The number of methoxy groups -OCH3 is 1. The minimum atomic E-state index is 0.269. The molecule has 1 aromatic heterocycles. The number of aryl methyl sites for hydroxylation is 1. The second kappa shape index (κ2) is 7.89. The Kier molecular flexibility index (Phi) is 5.84. The molecule has 2 saturated heterocycles. The van der Waals surface area contributed by atoms with E-state index in [1.54, 1.807) is 7.11 Å². The summed E-state index contributed by atoms with van der Waals surface area (Å²) in [6, 6.07) is 0. The van der Waals surface area contributed by atoms with Gasteiger partial charge in [0.1, 0.15) is 0 Å². The van der Waals surface area contributed by atoms with Gasteiger partial charge in [0, 0.05) is 51.7 Å². The number of carbonyl (C=O) groups excluding carboxylic acids is 1. The first-order chi connectivity index (χ1) is 11.6. The van der Waals surface area contributed by atoms with Crippen LogP contribution in [0.3, 0.4) is 0 Å². The van der Waals surface area contributed by atoms with Crippen LogP contribution in [0.2, 0.25) is 0 Å². The average Bonchev–Trinajstić information content (AvgIpc) is 2.97. The number of hydrogen-bond donors (Lipinski definition) is 0. The van der Waals surface area contributed by atoms with E-state index in [0.29, 0.717) is 12.3 Å². The minimum Gasteiger partial charge on any atom is -0.385 e. The summed E-state index contributed by atoms with van der Waals surface area (Å²) in [7, 11) is 1.72. The van der Waals surface area contributed by atoms with Gasteiger partial charge in [-0.05, 0) is 50.7 Å². The Balaban J connectivity index is 1.61. The van der Waals surface area contributed by atoms with Crippen molar-refractivity contribution in [3.05, 3.63) is 10.6 Å². The zero-order valence-corrected chi connectivity index (χ0v) is 15.6. The van der Waals surface area contributed by atoms with Gasteiger partial charge in [0.15, 0.2) is 0 Å². The second-order valence-corrected chi connectivity index (χ2v) is 8.10. The molecule has 1 aromatic rings. The molecule has 2 fully saturated rings. The molecule has 0 bridgehead atoms. The lowest BCUT2D eigenvalue weighted by atomic mass is 9.73. The van der Waals surface area contributed by atoms with Gasteiger partial charge in [-0.1, -0.05) is 4.49 Å². The van der Waals surface area contributed by atoms with E-state index in [2.05, 4.69) is 19.4 Å². The molecule has 1 atom stereocenters. The molecule has 3 rings (SSSR count). The molecule has 2 aliphatic rings. The van der Waals surface area contributed by atoms with Crippen LogP contribution < -0.4 is 0 Å². The van der Waals surface area contributed by atoms with Gasteiger partial charge in [-0.15, -0.1) is 5.10 Å². The first-order valence-corrected chi connectivity index (χ1v) is 9.66. The number of rotatable bonds is 6. The molecule has 7 heteroatoms. The summed E-state index contributed by atoms with van der Waals surface area (Å²) in [4.78, 5) is 18.1. The summed E-state index contributed by atoms with van der Waals surface area (Å²) in [5.41, 5.74) is 1.32. The quantitative estimate of drug-likeness (QED) is 0.734. The Morgan fingerprint density at radius 2 is 2.21 bits per heavy atom. The summed E-state index contributed by atoms with van der Waals surface area (Å²) < 4.78 is 9.19. The lowest BCUT2D eigenvalue weighted by Gasteiger charge is -2.48. The highest BCUT2D eigenvalue weighted by Crippen LogP contribution is 2.39. The zero-order valence-electron chi connectivity index (χ0n) is 14.8. The molecule has 0 N–H and O–H groups in total. The fourth-order valence-corrected chi connectivity index (χ4v) is 4.76. The molecule has 6 nitrogen and oxygen atoms in total. The fraction of sp³-hybridized carbons (Fsp3) is 0.824. The largest absolute Gasteiger partial charge is 0.385 e. The first kappa shape index (κ1) is 17.8. The first-order valence-electron chi connectivity index (χ1n) is 8.89. The highest BCUT2D eigenvalue weighted by molar-refractivity contribution is 7.05. The summed E-state index contributed by atoms with van der Waals surface area (Å²) in [6.45, 7) is 7.66. The smallest absolute Gasteiger partial charge is 0.222 e. The van der Waals surface area contributed by atoms with E-state index in [1.807, 2.05) is 6.92 Å². The van der Waals surface area contributed by atoms with Gasteiger partial charge in [-0.2, -0.15) is 0 Å². The van der Waals surface area contributed by atoms with Crippen molar-refractivity contribution >= 4 is 17.4 Å². The monoisotopic (exact) mass is 352 g/mol. The van der Waals surface area contributed by atoms with Crippen molar-refractivity contribution < 1.29 is 9.53 Å². The SMILES string of the molecule is COCCCN1CC2(CCCN(Cc3snnc3C)C2)CCC1=O. The van der Waals surface area contributed by atoms with Crippen LogP contribution >= 0.6 is 11.5 Å². The molecular formula is C17H28N4O2S. The van der Waals surface area contributed by atoms with E-state index in [0.717, 1.165) is 57.9 Å². The molecule has 2 aliphatic heterocycles. The summed E-state index contributed by atoms with van der Waals surface area (Å²) in [5, 5.41) is 4.13. The van der Waals surface area contributed by atoms with Gasteiger partial charge in [0.2, 0.25) is 5.91 Å².